The van der Waals surface area contributed by atoms with Crippen molar-refractivity contribution >= 4 is 0 Å². The van der Waals surface area contributed by atoms with Gasteiger partial charge in [0.1, 0.15) is 12.4 Å². The van der Waals surface area contributed by atoms with Crippen molar-refractivity contribution < 1.29 is 9.84 Å². The zero-order valence-corrected chi connectivity index (χ0v) is 14.2. The van der Waals surface area contributed by atoms with Crippen molar-refractivity contribution in [2.75, 3.05) is 13.2 Å². The normalized spacial score (nSPS) is 19.7. The number of nitrogens with one attached hydrogen (secondary N) is 1. The molecule has 0 aliphatic carbocycles. The minimum atomic E-state index is -0.118. The second-order valence-corrected chi connectivity index (χ2v) is 6.62. The predicted molar refractivity (Wildman–Crippen MR) is 96.8 cm³/mol. The molecule has 1 aliphatic rings. The Bertz CT molecular complexity index is 679. The van der Waals surface area contributed by atoms with E-state index in [0.717, 1.165) is 30.8 Å². The van der Waals surface area contributed by atoms with Crippen molar-refractivity contribution in [3.8, 4) is 5.75 Å². The predicted octanol–water partition coefficient (Wildman–Crippen LogP) is 3.68. The van der Waals surface area contributed by atoms with Gasteiger partial charge in [-0.1, -0.05) is 48.5 Å². The fraction of sp³-hybridized carbons (Fsp3) is 0.333. The third kappa shape index (κ3) is 4.18. The van der Waals surface area contributed by atoms with Gasteiger partial charge in [-0.05, 0) is 43.0 Å². The Labute approximate surface area is 144 Å². The van der Waals surface area contributed by atoms with Crippen LogP contribution >= 0.6 is 0 Å². The first-order valence-electron chi connectivity index (χ1n) is 8.49. The zero-order valence-electron chi connectivity index (χ0n) is 14.2. The molecule has 0 radical (unpaired) electrons. The molecule has 1 aliphatic heterocycles. The van der Waals surface area contributed by atoms with E-state index >= 15 is 0 Å². The van der Waals surface area contributed by atoms with Gasteiger partial charge in [0.05, 0.1) is 6.61 Å². The monoisotopic (exact) mass is 323 g/mol. The lowest BCUT2D eigenvalue weighted by molar-refractivity contribution is 0.168. The Morgan fingerprint density at radius 2 is 1.79 bits per heavy atom. The van der Waals surface area contributed by atoms with Crippen molar-refractivity contribution in [2.45, 2.75) is 26.4 Å². The fourth-order valence-electron chi connectivity index (χ4n) is 3.10. The molecule has 2 N–H and O–H groups in total. The first-order valence-corrected chi connectivity index (χ1v) is 8.49. The lowest BCUT2D eigenvalue weighted by Crippen LogP contribution is -2.29. The summed E-state index contributed by atoms with van der Waals surface area (Å²) in [5, 5.41) is 13.1. The van der Waals surface area contributed by atoms with Gasteiger partial charge in [0.2, 0.25) is 0 Å². The number of hydrogen-bond donors (Lipinski definition) is 2. The molecule has 2 aromatic rings. The number of aliphatic hydroxyl groups is 1. The van der Waals surface area contributed by atoms with E-state index < -0.39 is 0 Å². The van der Waals surface area contributed by atoms with Gasteiger partial charge in [0, 0.05) is 17.7 Å². The van der Waals surface area contributed by atoms with E-state index in [0.29, 0.717) is 6.61 Å². The highest BCUT2D eigenvalue weighted by Crippen LogP contribution is 2.30. The molecule has 1 atom stereocenters. The van der Waals surface area contributed by atoms with E-state index in [4.69, 9.17) is 4.74 Å². The lowest BCUT2D eigenvalue weighted by Gasteiger charge is -2.23. The van der Waals surface area contributed by atoms with Gasteiger partial charge in [-0.25, -0.2) is 0 Å². The Hall–Kier alpha value is -2.26. The number of ether oxygens (including phenoxy) is 1. The molecule has 126 valence electrons. The maximum absolute atomic E-state index is 9.73. The summed E-state index contributed by atoms with van der Waals surface area (Å²) in [4.78, 5) is 0. The smallest absolute Gasteiger partial charge is 0.119 e. The zero-order chi connectivity index (χ0) is 16.8. The molecule has 3 nitrogen and oxygen atoms in total. The van der Waals surface area contributed by atoms with Crippen LogP contribution in [0.3, 0.4) is 0 Å². The molecule has 0 amide bonds. The van der Waals surface area contributed by atoms with Crippen molar-refractivity contribution in [1.29, 1.82) is 0 Å². The van der Waals surface area contributed by atoms with E-state index in [9.17, 15) is 5.11 Å². The first kappa shape index (κ1) is 16.6. The summed E-state index contributed by atoms with van der Waals surface area (Å²) in [5.74, 6) is 0.887. The third-order valence-electron chi connectivity index (χ3n) is 4.64. The lowest BCUT2D eigenvalue weighted by atomic mass is 9.84. The average Bonchev–Trinajstić information content (AvgIpc) is 3.02. The summed E-state index contributed by atoms with van der Waals surface area (Å²) < 4.78 is 5.82. The molecule has 0 saturated carbocycles. The van der Waals surface area contributed by atoms with Gasteiger partial charge < -0.3 is 15.2 Å². The van der Waals surface area contributed by atoms with Gasteiger partial charge in [-0.3, -0.25) is 0 Å². The number of allylic oxidation sites excluding steroid dienone is 1. The molecular weight excluding hydrogens is 298 g/mol. The molecule has 0 saturated heterocycles. The molecule has 0 bridgehead atoms. The molecular formula is C21H25NO2. The highest BCUT2D eigenvalue weighted by molar-refractivity contribution is 5.28. The van der Waals surface area contributed by atoms with Crippen molar-refractivity contribution in [2.24, 2.45) is 5.41 Å². The highest BCUT2D eigenvalue weighted by atomic mass is 16.5. The van der Waals surface area contributed by atoms with Crippen LogP contribution in [0.1, 0.15) is 24.5 Å². The molecule has 1 heterocycles. The van der Waals surface area contributed by atoms with Crippen LogP contribution in [0.4, 0.5) is 0 Å². The number of benzene rings is 2. The molecule has 0 aromatic heterocycles. The van der Waals surface area contributed by atoms with E-state index in [1.54, 1.807) is 0 Å². The third-order valence-corrected chi connectivity index (χ3v) is 4.64. The van der Waals surface area contributed by atoms with Crippen LogP contribution < -0.4 is 10.1 Å². The molecule has 3 heteroatoms. The van der Waals surface area contributed by atoms with E-state index in [2.05, 4.69) is 42.6 Å². The van der Waals surface area contributed by atoms with Crippen molar-refractivity contribution in [3.63, 3.8) is 0 Å². The van der Waals surface area contributed by atoms with E-state index in [-0.39, 0.29) is 12.0 Å². The Kier molecular flexibility index (Phi) is 5.21. The maximum atomic E-state index is 9.73. The Morgan fingerprint density at radius 1 is 1.04 bits per heavy atom. The van der Waals surface area contributed by atoms with Crippen LogP contribution in [-0.2, 0) is 13.0 Å². The van der Waals surface area contributed by atoms with E-state index in [1.807, 2.05) is 30.3 Å². The van der Waals surface area contributed by atoms with Crippen LogP contribution in [0, 0.1) is 5.41 Å². The van der Waals surface area contributed by atoms with Gasteiger partial charge in [0.25, 0.3) is 0 Å². The summed E-state index contributed by atoms with van der Waals surface area (Å²) in [7, 11) is 0. The summed E-state index contributed by atoms with van der Waals surface area (Å²) >= 11 is 0. The summed E-state index contributed by atoms with van der Waals surface area (Å²) in [5.41, 5.74) is 3.48. The molecule has 2 aromatic carbocycles. The minimum absolute atomic E-state index is 0.118. The van der Waals surface area contributed by atoms with Crippen LogP contribution in [0.25, 0.3) is 0 Å². The van der Waals surface area contributed by atoms with Crippen LogP contribution in [0.15, 0.2) is 66.4 Å². The number of aryl methyl sites for hydroxylation is 1. The van der Waals surface area contributed by atoms with Gasteiger partial charge in [0.15, 0.2) is 0 Å². The van der Waals surface area contributed by atoms with Gasteiger partial charge in [-0.15, -0.1) is 0 Å². The highest BCUT2D eigenvalue weighted by Gasteiger charge is 2.30. The van der Waals surface area contributed by atoms with E-state index in [1.165, 1.54) is 11.1 Å². The fourth-order valence-corrected chi connectivity index (χ4v) is 3.10. The quantitative estimate of drug-likeness (QED) is 0.816. The van der Waals surface area contributed by atoms with Crippen LogP contribution in [0.2, 0.25) is 0 Å². The summed E-state index contributed by atoms with van der Waals surface area (Å²) in [6, 6.07) is 18.5. The molecule has 0 fully saturated rings. The van der Waals surface area contributed by atoms with Gasteiger partial charge >= 0.3 is 0 Å². The van der Waals surface area contributed by atoms with Gasteiger partial charge in [-0.2, -0.15) is 0 Å². The minimum Gasteiger partial charge on any atom is -0.489 e. The SMILES string of the molecule is CC1=CC(CO)(CCc2ccc(OCc3ccccc3)cc2)CN1. The maximum Gasteiger partial charge on any atom is 0.119 e. The topological polar surface area (TPSA) is 41.5 Å². The van der Waals surface area contributed by atoms with Crippen molar-refractivity contribution in [1.82, 2.24) is 5.32 Å². The number of hydrogen-bond acceptors (Lipinski definition) is 3. The largest absolute Gasteiger partial charge is 0.489 e. The van der Waals surface area contributed by atoms with Crippen molar-refractivity contribution in [3.05, 3.63) is 77.5 Å². The second kappa shape index (κ2) is 7.54. The molecule has 1 unspecified atom stereocenters. The molecule has 0 spiro atoms. The first-order chi connectivity index (χ1) is 11.7. The molecule has 24 heavy (non-hydrogen) atoms. The number of rotatable bonds is 7. The summed E-state index contributed by atoms with van der Waals surface area (Å²) in [6.45, 7) is 3.66. The Morgan fingerprint density at radius 3 is 2.42 bits per heavy atom. The van der Waals surface area contributed by atoms with Crippen LogP contribution in [0.5, 0.6) is 5.75 Å². The average molecular weight is 323 g/mol. The van der Waals surface area contributed by atoms with Crippen LogP contribution in [-0.4, -0.2) is 18.3 Å². The second-order valence-electron chi connectivity index (χ2n) is 6.62. The Balaban J connectivity index is 1.53. The molecule has 3 rings (SSSR count). The standard InChI is InChI=1S/C21H25NO2/c1-17-13-21(16-23,15-22-17)12-11-18-7-9-20(10-8-18)24-14-19-5-3-2-4-6-19/h2-10,13,22-23H,11-12,14-16H2,1H3. The summed E-state index contributed by atoms with van der Waals surface area (Å²) in [6.07, 6.45) is 4.06. The number of aliphatic hydroxyl groups excluding tert-OH is 1.